The fraction of sp³-hybridized carbons (Fsp3) is 0.533. The van der Waals surface area contributed by atoms with Crippen molar-refractivity contribution < 1.29 is 19.4 Å². The smallest absolute Gasteiger partial charge is 0.238 e. The normalized spacial score (nSPS) is 12.7. The number of hydrogen-bond donors (Lipinski definition) is 2. The van der Waals surface area contributed by atoms with E-state index in [0.717, 1.165) is 25.8 Å². The third kappa shape index (κ3) is 4.91. The fourth-order valence-electron chi connectivity index (χ4n) is 2.17. The summed E-state index contributed by atoms with van der Waals surface area (Å²) in [6, 6.07) is 5.35. The average molecular weight is 294 g/mol. The predicted octanol–water partition coefficient (Wildman–Crippen LogP) is 1.45. The van der Waals surface area contributed by atoms with Crippen molar-refractivity contribution in [3.63, 3.8) is 0 Å². The van der Waals surface area contributed by atoms with Crippen LogP contribution in [0.4, 0.5) is 5.69 Å². The molecule has 6 heteroatoms. The molecule has 1 aromatic carbocycles. The summed E-state index contributed by atoms with van der Waals surface area (Å²) < 4.78 is 10.5. The first-order valence-electron chi connectivity index (χ1n) is 7.18. The molecule has 1 aliphatic rings. The third-order valence-electron chi connectivity index (χ3n) is 3.27. The highest BCUT2D eigenvalue weighted by Gasteiger charge is 2.14. The summed E-state index contributed by atoms with van der Waals surface area (Å²) >= 11 is 0. The minimum atomic E-state index is -0.0569. The fourth-order valence-corrected chi connectivity index (χ4v) is 2.17. The van der Waals surface area contributed by atoms with E-state index in [-0.39, 0.29) is 19.3 Å². The monoisotopic (exact) mass is 294 g/mol. The molecule has 0 bridgehead atoms. The molecule has 0 radical (unpaired) electrons. The molecule has 1 aromatic rings. The minimum absolute atomic E-state index is 0.0569. The van der Waals surface area contributed by atoms with Gasteiger partial charge < -0.3 is 19.9 Å². The molecule has 2 N–H and O–H groups in total. The first-order chi connectivity index (χ1) is 10.2. The van der Waals surface area contributed by atoms with Crippen LogP contribution in [0.5, 0.6) is 11.5 Å². The minimum Gasteiger partial charge on any atom is -0.454 e. The van der Waals surface area contributed by atoms with Crippen molar-refractivity contribution in [2.75, 3.05) is 38.9 Å². The number of anilines is 1. The van der Waals surface area contributed by atoms with Crippen molar-refractivity contribution in [1.82, 2.24) is 4.90 Å². The van der Waals surface area contributed by atoms with Gasteiger partial charge in [0, 0.05) is 18.4 Å². The van der Waals surface area contributed by atoms with E-state index in [1.165, 1.54) is 0 Å². The maximum Gasteiger partial charge on any atom is 0.238 e. The molecule has 1 aliphatic heterocycles. The number of amides is 1. The summed E-state index contributed by atoms with van der Waals surface area (Å²) in [5, 5.41) is 11.6. The first kappa shape index (κ1) is 15.6. The topological polar surface area (TPSA) is 71.0 Å². The second-order valence-corrected chi connectivity index (χ2v) is 5.14. The average Bonchev–Trinajstić information content (AvgIpc) is 2.91. The zero-order valence-electron chi connectivity index (χ0n) is 12.3. The van der Waals surface area contributed by atoms with Crippen molar-refractivity contribution in [3.8, 4) is 11.5 Å². The van der Waals surface area contributed by atoms with Gasteiger partial charge in [0.15, 0.2) is 11.5 Å². The van der Waals surface area contributed by atoms with Crippen LogP contribution in [0.1, 0.15) is 19.3 Å². The lowest BCUT2D eigenvalue weighted by Crippen LogP contribution is -2.30. The number of hydrogen-bond acceptors (Lipinski definition) is 5. The molecule has 6 nitrogen and oxygen atoms in total. The van der Waals surface area contributed by atoms with Gasteiger partial charge in [-0.25, -0.2) is 0 Å². The van der Waals surface area contributed by atoms with Gasteiger partial charge in [-0.15, -0.1) is 0 Å². The molecule has 21 heavy (non-hydrogen) atoms. The van der Waals surface area contributed by atoms with E-state index >= 15 is 0 Å². The molecule has 2 rings (SSSR count). The van der Waals surface area contributed by atoms with E-state index in [1.54, 1.807) is 18.2 Å². The Morgan fingerprint density at radius 2 is 2.10 bits per heavy atom. The Morgan fingerprint density at radius 1 is 1.29 bits per heavy atom. The van der Waals surface area contributed by atoms with Crippen molar-refractivity contribution in [2.45, 2.75) is 19.3 Å². The number of nitrogens with one attached hydrogen (secondary N) is 1. The standard InChI is InChI=1S/C15H22N2O4/c1-17(7-3-2-4-8-18)10-15(19)16-12-5-6-13-14(9-12)21-11-20-13/h5-6,9,18H,2-4,7-8,10-11H2,1H3,(H,16,19). The van der Waals surface area contributed by atoms with Crippen LogP contribution in [0.15, 0.2) is 18.2 Å². The molecule has 0 fully saturated rings. The second-order valence-electron chi connectivity index (χ2n) is 5.14. The van der Waals surface area contributed by atoms with Crippen LogP contribution in [-0.4, -0.2) is 49.5 Å². The van der Waals surface area contributed by atoms with Gasteiger partial charge in [-0.3, -0.25) is 9.69 Å². The van der Waals surface area contributed by atoms with E-state index in [4.69, 9.17) is 14.6 Å². The zero-order valence-corrected chi connectivity index (χ0v) is 12.3. The number of ether oxygens (including phenoxy) is 2. The van der Waals surface area contributed by atoms with Crippen LogP contribution in [0.3, 0.4) is 0 Å². The Morgan fingerprint density at radius 3 is 2.90 bits per heavy atom. The lowest BCUT2D eigenvalue weighted by molar-refractivity contribution is -0.117. The Bertz CT molecular complexity index is 479. The molecular formula is C15H22N2O4. The van der Waals surface area contributed by atoms with Crippen LogP contribution in [0.2, 0.25) is 0 Å². The van der Waals surface area contributed by atoms with Gasteiger partial charge in [-0.1, -0.05) is 0 Å². The molecule has 0 unspecified atom stereocenters. The molecule has 1 amide bonds. The summed E-state index contributed by atoms with van der Waals surface area (Å²) in [7, 11) is 1.91. The Labute approximate surface area is 124 Å². The third-order valence-corrected chi connectivity index (χ3v) is 3.27. The number of aliphatic hydroxyl groups excluding tert-OH is 1. The van der Waals surface area contributed by atoms with Crippen LogP contribution < -0.4 is 14.8 Å². The van der Waals surface area contributed by atoms with Gasteiger partial charge in [0.1, 0.15) is 0 Å². The van der Waals surface area contributed by atoms with E-state index in [2.05, 4.69) is 5.32 Å². The molecule has 0 aliphatic carbocycles. The van der Waals surface area contributed by atoms with Crippen molar-refractivity contribution in [2.24, 2.45) is 0 Å². The summed E-state index contributed by atoms with van der Waals surface area (Å²) in [6.45, 7) is 1.64. The van der Waals surface area contributed by atoms with Gasteiger partial charge in [-0.05, 0) is 45.0 Å². The van der Waals surface area contributed by atoms with Crippen LogP contribution >= 0.6 is 0 Å². The Hall–Kier alpha value is -1.79. The van der Waals surface area contributed by atoms with E-state index < -0.39 is 0 Å². The molecular weight excluding hydrogens is 272 g/mol. The van der Waals surface area contributed by atoms with E-state index in [0.29, 0.717) is 23.7 Å². The van der Waals surface area contributed by atoms with Gasteiger partial charge >= 0.3 is 0 Å². The molecule has 0 saturated heterocycles. The van der Waals surface area contributed by atoms with E-state index in [9.17, 15) is 4.79 Å². The first-order valence-corrected chi connectivity index (χ1v) is 7.18. The second kappa shape index (κ2) is 7.85. The number of benzene rings is 1. The Balaban J connectivity index is 1.74. The van der Waals surface area contributed by atoms with Gasteiger partial charge in [0.25, 0.3) is 0 Å². The van der Waals surface area contributed by atoms with Crippen molar-refractivity contribution in [1.29, 1.82) is 0 Å². The van der Waals surface area contributed by atoms with Crippen molar-refractivity contribution in [3.05, 3.63) is 18.2 Å². The number of rotatable bonds is 8. The molecule has 0 saturated carbocycles. The Kier molecular flexibility index (Phi) is 5.83. The number of aliphatic hydroxyl groups is 1. The maximum atomic E-state index is 11.9. The summed E-state index contributed by atoms with van der Waals surface area (Å²) in [6.07, 6.45) is 2.77. The highest BCUT2D eigenvalue weighted by Crippen LogP contribution is 2.34. The van der Waals surface area contributed by atoms with Gasteiger partial charge in [-0.2, -0.15) is 0 Å². The summed E-state index contributed by atoms with van der Waals surface area (Å²) in [5.41, 5.74) is 0.706. The maximum absolute atomic E-state index is 11.9. The summed E-state index contributed by atoms with van der Waals surface area (Å²) in [5.74, 6) is 1.30. The molecule has 0 atom stereocenters. The lowest BCUT2D eigenvalue weighted by Gasteiger charge is -2.16. The highest BCUT2D eigenvalue weighted by molar-refractivity contribution is 5.92. The van der Waals surface area contributed by atoms with Gasteiger partial charge in [0.05, 0.1) is 6.54 Å². The number of likely N-dealkylation sites (N-methyl/N-ethyl adjacent to an activating group) is 1. The number of unbranched alkanes of at least 4 members (excludes halogenated alkanes) is 2. The van der Waals surface area contributed by atoms with Crippen LogP contribution in [-0.2, 0) is 4.79 Å². The predicted molar refractivity (Wildman–Crippen MR) is 79.6 cm³/mol. The molecule has 1 heterocycles. The number of carbonyl (C=O) groups is 1. The number of nitrogens with zero attached hydrogens (tertiary/aromatic N) is 1. The summed E-state index contributed by atoms with van der Waals surface area (Å²) in [4.78, 5) is 13.9. The SMILES string of the molecule is CN(CCCCCO)CC(=O)Nc1ccc2c(c1)OCO2. The molecule has 0 spiro atoms. The van der Waals surface area contributed by atoms with Crippen LogP contribution in [0.25, 0.3) is 0 Å². The number of fused-ring (bicyclic) bond motifs is 1. The van der Waals surface area contributed by atoms with Crippen molar-refractivity contribution >= 4 is 11.6 Å². The molecule has 0 aromatic heterocycles. The number of carbonyl (C=O) groups excluding carboxylic acids is 1. The highest BCUT2D eigenvalue weighted by atomic mass is 16.7. The largest absolute Gasteiger partial charge is 0.454 e. The lowest BCUT2D eigenvalue weighted by atomic mass is 10.2. The zero-order chi connectivity index (χ0) is 15.1. The molecule has 116 valence electrons. The van der Waals surface area contributed by atoms with Gasteiger partial charge in [0.2, 0.25) is 12.7 Å². The van der Waals surface area contributed by atoms with Crippen LogP contribution in [0, 0.1) is 0 Å². The van der Waals surface area contributed by atoms with E-state index in [1.807, 2.05) is 11.9 Å². The quantitative estimate of drug-likeness (QED) is 0.710.